The minimum atomic E-state index is -0.163. The molecule has 0 radical (unpaired) electrons. The second kappa shape index (κ2) is 8.56. The largest absolute Gasteiger partial charge is 0.406 e. The number of hydrogen-bond acceptors (Lipinski definition) is 6. The number of nitrogen functional groups attached to an aromatic ring is 1. The van der Waals surface area contributed by atoms with E-state index in [0.29, 0.717) is 17.1 Å². The third-order valence-electron chi connectivity index (χ3n) is 5.47. The van der Waals surface area contributed by atoms with Crippen molar-refractivity contribution in [3.05, 3.63) is 76.1 Å². The summed E-state index contributed by atoms with van der Waals surface area (Å²) in [5.41, 5.74) is 8.02. The maximum Gasteiger partial charge on any atom is 0.312 e. The molecule has 1 aromatic heterocycles. The Morgan fingerprint density at radius 1 is 1.17 bits per heavy atom. The number of carbonyl (C=O) groups is 1. The Balaban J connectivity index is 1.57. The van der Waals surface area contributed by atoms with Crippen LogP contribution < -0.4 is 5.73 Å². The Kier molecular flexibility index (Phi) is 5.68. The maximum absolute atomic E-state index is 13.5. The summed E-state index contributed by atoms with van der Waals surface area (Å²) in [5, 5.41) is 17.3. The molecule has 2 aromatic carbocycles. The van der Waals surface area contributed by atoms with Crippen molar-refractivity contribution in [3.63, 3.8) is 0 Å². The lowest BCUT2D eigenvalue weighted by molar-refractivity contribution is -0.141. The Morgan fingerprint density at radius 2 is 1.93 bits per heavy atom. The molecule has 8 heteroatoms. The zero-order valence-corrected chi connectivity index (χ0v) is 16.9. The van der Waals surface area contributed by atoms with Gasteiger partial charge in [0, 0.05) is 17.5 Å². The summed E-state index contributed by atoms with van der Waals surface area (Å²) < 4.78 is 5.30. The second-order valence-electron chi connectivity index (χ2n) is 7.35. The zero-order valence-electron chi connectivity index (χ0n) is 16.2. The lowest BCUT2D eigenvalue weighted by Crippen LogP contribution is -2.42. The molecule has 1 aliphatic rings. The van der Waals surface area contributed by atoms with Crippen molar-refractivity contribution in [2.45, 2.75) is 31.8 Å². The van der Waals surface area contributed by atoms with E-state index in [1.165, 1.54) is 0 Å². The molecule has 1 aliphatic carbocycles. The Morgan fingerprint density at radius 3 is 2.53 bits per heavy atom. The number of hydrogen-bond donors (Lipinski definition) is 1. The van der Waals surface area contributed by atoms with E-state index < -0.39 is 0 Å². The van der Waals surface area contributed by atoms with E-state index in [1.807, 2.05) is 36.4 Å². The predicted molar refractivity (Wildman–Crippen MR) is 111 cm³/mol. The van der Waals surface area contributed by atoms with Crippen molar-refractivity contribution in [2.75, 3.05) is 5.73 Å². The van der Waals surface area contributed by atoms with Crippen LogP contribution in [0, 0.1) is 17.2 Å². The maximum atomic E-state index is 13.5. The lowest BCUT2D eigenvalue weighted by atomic mass is 9.69. The van der Waals surface area contributed by atoms with Crippen molar-refractivity contribution in [1.82, 2.24) is 15.1 Å². The molecule has 0 aliphatic heterocycles. The number of nitriles is 1. The van der Waals surface area contributed by atoms with E-state index >= 15 is 0 Å². The molecule has 0 bridgehead atoms. The number of benzene rings is 2. The van der Waals surface area contributed by atoms with E-state index in [1.54, 1.807) is 17.0 Å². The minimum absolute atomic E-state index is 0.00676. The van der Waals surface area contributed by atoms with Gasteiger partial charge in [-0.05, 0) is 48.1 Å². The van der Waals surface area contributed by atoms with E-state index in [-0.39, 0.29) is 36.2 Å². The van der Waals surface area contributed by atoms with Gasteiger partial charge in [-0.25, -0.2) is 0 Å². The van der Waals surface area contributed by atoms with Crippen molar-refractivity contribution in [1.29, 1.82) is 5.26 Å². The van der Waals surface area contributed by atoms with Crippen LogP contribution in [0.5, 0.6) is 0 Å². The molecule has 4 rings (SSSR count). The average Bonchev–Trinajstić information content (AvgIpc) is 3.13. The highest BCUT2D eigenvalue weighted by Crippen LogP contribution is 2.46. The number of anilines is 1. The molecule has 2 unspecified atom stereocenters. The molecule has 0 spiro atoms. The molecule has 2 N–H and O–H groups in total. The Bertz CT molecular complexity index is 1090. The second-order valence-corrected chi connectivity index (χ2v) is 7.76. The van der Waals surface area contributed by atoms with Crippen LogP contribution in [-0.4, -0.2) is 21.0 Å². The number of carbonyl (C=O) groups excluding carboxylic acids is 1. The fourth-order valence-electron chi connectivity index (χ4n) is 3.79. The number of aromatic nitrogens is 2. The van der Waals surface area contributed by atoms with Crippen LogP contribution in [0.1, 0.15) is 41.3 Å². The number of rotatable bonds is 6. The fraction of sp³-hybridized carbons (Fsp3) is 0.273. The van der Waals surface area contributed by atoms with Crippen LogP contribution in [0.15, 0.2) is 52.9 Å². The normalized spacial score (nSPS) is 17.7. The van der Waals surface area contributed by atoms with Crippen molar-refractivity contribution in [2.24, 2.45) is 5.92 Å². The van der Waals surface area contributed by atoms with Gasteiger partial charge in [0.05, 0.1) is 18.2 Å². The van der Waals surface area contributed by atoms with Crippen LogP contribution in [0.3, 0.4) is 0 Å². The first-order chi connectivity index (χ1) is 14.5. The van der Waals surface area contributed by atoms with Gasteiger partial charge in [0.1, 0.15) is 0 Å². The lowest BCUT2D eigenvalue weighted by Gasteiger charge is -2.39. The highest BCUT2D eigenvalue weighted by atomic mass is 35.5. The summed E-state index contributed by atoms with van der Waals surface area (Å²) in [7, 11) is 0. The molecular weight excluding hydrogens is 402 g/mol. The summed E-state index contributed by atoms with van der Waals surface area (Å²) in [6, 6.07) is 16.9. The third kappa shape index (κ3) is 4.14. The topological polar surface area (TPSA) is 109 Å². The molecule has 2 atom stereocenters. The fourth-order valence-corrected chi connectivity index (χ4v) is 4.06. The third-order valence-corrected chi connectivity index (χ3v) is 5.82. The van der Waals surface area contributed by atoms with E-state index in [9.17, 15) is 4.79 Å². The van der Waals surface area contributed by atoms with Crippen molar-refractivity contribution < 1.29 is 9.21 Å². The molecule has 7 nitrogen and oxygen atoms in total. The first kappa shape index (κ1) is 19.9. The summed E-state index contributed by atoms with van der Waals surface area (Å²) in [6.45, 7) is 0.521. The first-order valence-electron chi connectivity index (χ1n) is 9.65. The quantitative estimate of drug-likeness (QED) is 0.646. The van der Waals surface area contributed by atoms with E-state index in [2.05, 4.69) is 16.3 Å². The minimum Gasteiger partial charge on any atom is -0.406 e. The van der Waals surface area contributed by atoms with Gasteiger partial charge >= 0.3 is 6.01 Å². The molecule has 3 aromatic rings. The molecule has 1 fully saturated rings. The summed E-state index contributed by atoms with van der Waals surface area (Å²) in [5.74, 6) is 0.210. The van der Waals surface area contributed by atoms with Crippen molar-refractivity contribution in [3.8, 4) is 6.07 Å². The first-order valence-corrected chi connectivity index (χ1v) is 10.0. The summed E-state index contributed by atoms with van der Waals surface area (Å²) in [6.07, 6.45) is 1.71. The molecule has 1 saturated carbocycles. The van der Waals surface area contributed by atoms with Gasteiger partial charge in [-0.2, -0.15) is 5.26 Å². The van der Waals surface area contributed by atoms with Gasteiger partial charge < -0.3 is 15.1 Å². The van der Waals surface area contributed by atoms with E-state index in [0.717, 1.165) is 24.0 Å². The molecule has 0 saturated heterocycles. The highest BCUT2D eigenvalue weighted by molar-refractivity contribution is 6.31. The summed E-state index contributed by atoms with van der Waals surface area (Å²) in [4.78, 5) is 15.2. The smallest absolute Gasteiger partial charge is 0.312 e. The Hall–Kier alpha value is -3.37. The monoisotopic (exact) mass is 421 g/mol. The number of nitrogens with zero attached hydrogens (tertiary/aromatic N) is 4. The van der Waals surface area contributed by atoms with Crippen LogP contribution in [0.2, 0.25) is 5.02 Å². The standard InChI is InChI=1S/C22H20ClN5O2/c23-19-4-2-1-3-17(19)16-9-10-18(16)21(29)28(13-20-26-27-22(25)30-20)12-15-7-5-14(11-24)6-8-15/h1-8,16,18H,9-10,12-13H2,(H2,25,27). The van der Waals surface area contributed by atoms with Crippen LogP contribution in [0.4, 0.5) is 6.01 Å². The van der Waals surface area contributed by atoms with E-state index in [4.69, 9.17) is 27.0 Å². The zero-order chi connectivity index (χ0) is 21.1. The molecule has 152 valence electrons. The van der Waals surface area contributed by atoms with Gasteiger partial charge in [0.2, 0.25) is 11.8 Å². The predicted octanol–water partition coefficient (Wildman–Crippen LogP) is 3.90. The Labute approximate surface area is 179 Å². The molecule has 1 heterocycles. The number of halogens is 1. The molecule has 30 heavy (non-hydrogen) atoms. The van der Waals surface area contributed by atoms with Crippen LogP contribution >= 0.6 is 11.6 Å². The average molecular weight is 422 g/mol. The summed E-state index contributed by atoms with van der Waals surface area (Å²) >= 11 is 6.37. The number of nitrogens with two attached hydrogens (primary N) is 1. The SMILES string of the molecule is N#Cc1ccc(CN(Cc2nnc(N)o2)C(=O)C2CCC2c2ccccc2Cl)cc1. The van der Waals surface area contributed by atoms with Crippen molar-refractivity contribution >= 4 is 23.5 Å². The highest BCUT2D eigenvalue weighted by Gasteiger charge is 2.40. The van der Waals surface area contributed by atoms with Gasteiger partial charge in [-0.15, -0.1) is 5.10 Å². The van der Waals surface area contributed by atoms with Crippen LogP contribution in [-0.2, 0) is 17.9 Å². The molecular formula is C22H20ClN5O2. The van der Waals surface area contributed by atoms with Gasteiger partial charge in [0.25, 0.3) is 0 Å². The molecule has 1 amide bonds. The van der Waals surface area contributed by atoms with Gasteiger partial charge in [-0.1, -0.05) is 47.0 Å². The number of amides is 1. The van der Waals surface area contributed by atoms with Gasteiger partial charge in [-0.3, -0.25) is 4.79 Å². The van der Waals surface area contributed by atoms with Gasteiger partial charge in [0.15, 0.2) is 0 Å². The van der Waals surface area contributed by atoms with Crippen LogP contribution in [0.25, 0.3) is 0 Å².